The molecule has 160 valence electrons. The molecule has 0 unspecified atom stereocenters. The first-order chi connectivity index (χ1) is 14.8. The number of sulfonamides is 1. The number of rotatable bonds is 6. The van der Waals surface area contributed by atoms with E-state index in [0.29, 0.717) is 28.3 Å². The number of fused-ring (bicyclic) bond motifs is 1. The Morgan fingerprint density at radius 3 is 2.58 bits per heavy atom. The molecule has 3 aromatic rings. The van der Waals surface area contributed by atoms with Crippen LogP contribution in [0.2, 0.25) is 0 Å². The molecule has 1 amide bonds. The molecule has 1 aliphatic heterocycles. The van der Waals surface area contributed by atoms with Crippen molar-refractivity contribution in [2.24, 2.45) is 0 Å². The van der Waals surface area contributed by atoms with Gasteiger partial charge >= 0.3 is 0 Å². The summed E-state index contributed by atoms with van der Waals surface area (Å²) in [5.74, 6) is 0.950. The normalized spacial score (nSPS) is 12.5. The maximum atomic E-state index is 12.8. The highest BCUT2D eigenvalue weighted by molar-refractivity contribution is 7.92. The van der Waals surface area contributed by atoms with Crippen LogP contribution in [0.3, 0.4) is 0 Å². The number of aryl methyl sites for hydroxylation is 2. The molecular weight excluding hydrogens is 416 g/mol. The van der Waals surface area contributed by atoms with Gasteiger partial charge in [0.1, 0.15) is 0 Å². The largest absolute Gasteiger partial charge is 0.454 e. The number of anilines is 1. The molecule has 0 bridgehead atoms. The van der Waals surface area contributed by atoms with Crippen LogP contribution in [0.5, 0.6) is 11.5 Å². The van der Waals surface area contributed by atoms with Crippen LogP contribution >= 0.6 is 0 Å². The summed E-state index contributed by atoms with van der Waals surface area (Å²) in [6, 6.07) is 17.0. The molecule has 8 heteroatoms. The molecule has 31 heavy (non-hydrogen) atoms. The maximum absolute atomic E-state index is 12.8. The number of carbonyl (C=O) groups excluding carboxylic acids is 1. The standard InChI is InChI=1S/C23H22N2O5S/c1-15-4-3-5-18(10-15)25-31(27,28)19-8-6-16(2)20(12-19)23(26)24-13-17-7-9-21-22(11-17)30-14-29-21/h3-12,25H,13-14H2,1-2H3,(H,24,26). The van der Waals surface area contributed by atoms with Crippen LogP contribution in [0.25, 0.3) is 0 Å². The highest BCUT2D eigenvalue weighted by Gasteiger charge is 2.19. The summed E-state index contributed by atoms with van der Waals surface area (Å²) in [5, 5.41) is 2.83. The number of hydrogen-bond donors (Lipinski definition) is 2. The Hall–Kier alpha value is -3.52. The van der Waals surface area contributed by atoms with E-state index in [2.05, 4.69) is 10.0 Å². The average molecular weight is 439 g/mol. The van der Waals surface area contributed by atoms with Crippen molar-refractivity contribution < 1.29 is 22.7 Å². The van der Waals surface area contributed by atoms with Crippen molar-refractivity contribution in [3.8, 4) is 11.5 Å². The summed E-state index contributed by atoms with van der Waals surface area (Å²) in [6.07, 6.45) is 0. The first kappa shape index (κ1) is 20.7. The minimum Gasteiger partial charge on any atom is -0.454 e. The van der Waals surface area contributed by atoms with E-state index in [4.69, 9.17) is 9.47 Å². The Bertz CT molecular complexity index is 1250. The lowest BCUT2D eigenvalue weighted by Gasteiger charge is -2.12. The lowest BCUT2D eigenvalue weighted by atomic mass is 10.1. The summed E-state index contributed by atoms with van der Waals surface area (Å²) in [5.41, 5.74) is 3.23. The number of nitrogens with one attached hydrogen (secondary N) is 2. The molecular formula is C23H22N2O5S. The topological polar surface area (TPSA) is 93.7 Å². The summed E-state index contributed by atoms with van der Waals surface area (Å²) >= 11 is 0. The van der Waals surface area contributed by atoms with Crippen LogP contribution in [0.15, 0.2) is 65.6 Å². The van der Waals surface area contributed by atoms with E-state index in [1.165, 1.54) is 12.1 Å². The Balaban J connectivity index is 1.51. The fourth-order valence-corrected chi connectivity index (χ4v) is 4.34. The smallest absolute Gasteiger partial charge is 0.261 e. The Labute approximate surface area is 181 Å². The minimum absolute atomic E-state index is 0.0211. The van der Waals surface area contributed by atoms with E-state index < -0.39 is 10.0 Å². The molecule has 4 rings (SSSR count). The molecule has 0 saturated carbocycles. The summed E-state index contributed by atoms with van der Waals surface area (Å²) in [7, 11) is -3.84. The molecule has 2 N–H and O–H groups in total. The van der Waals surface area contributed by atoms with Gasteiger partial charge in [0, 0.05) is 17.8 Å². The van der Waals surface area contributed by atoms with E-state index in [1.807, 2.05) is 25.1 Å². The third-order valence-corrected chi connectivity index (χ3v) is 6.30. The van der Waals surface area contributed by atoms with Gasteiger partial charge in [-0.15, -0.1) is 0 Å². The highest BCUT2D eigenvalue weighted by atomic mass is 32.2. The third kappa shape index (κ3) is 4.64. The fraction of sp³-hybridized carbons (Fsp3) is 0.174. The molecule has 3 aromatic carbocycles. The van der Waals surface area contributed by atoms with Gasteiger partial charge in [-0.25, -0.2) is 8.42 Å². The monoisotopic (exact) mass is 438 g/mol. The van der Waals surface area contributed by atoms with Gasteiger partial charge in [-0.2, -0.15) is 0 Å². The second-order valence-corrected chi connectivity index (χ2v) is 9.00. The van der Waals surface area contributed by atoms with E-state index in [1.54, 1.807) is 37.3 Å². The van der Waals surface area contributed by atoms with Gasteiger partial charge in [-0.05, 0) is 66.9 Å². The molecule has 0 aromatic heterocycles. The van der Waals surface area contributed by atoms with Crippen LogP contribution in [0.1, 0.15) is 27.0 Å². The summed E-state index contributed by atoms with van der Waals surface area (Å²) in [6.45, 7) is 4.10. The number of benzene rings is 3. The van der Waals surface area contributed by atoms with Crippen molar-refractivity contribution in [2.45, 2.75) is 25.3 Å². The molecule has 0 fully saturated rings. The van der Waals surface area contributed by atoms with Gasteiger partial charge in [0.05, 0.1) is 4.90 Å². The summed E-state index contributed by atoms with van der Waals surface area (Å²) < 4.78 is 38.8. The van der Waals surface area contributed by atoms with Crippen LogP contribution in [0.4, 0.5) is 5.69 Å². The number of carbonyl (C=O) groups is 1. The minimum atomic E-state index is -3.84. The molecule has 1 aliphatic rings. The zero-order chi connectivity index (χ0) is 22.0. The van der Waals surface area contributed by atoms with Gasteiger partial charge in [-0.1, -0.05) is 24.3 Å². The summed E-state index contributed by atoms with van der Waals surface area (Å²) in [4.78, 5) is 12.8. The zero-order valence-electron chi connectivity index (χ0n) is 17.1. The second kappa shape index (κ2) is 8.31. The van der Waals surface area contributed by atoms with Gasteiger partial charge in [0.15, 0.2) is 11.5 Å². The maximum Gasteiger partial charge on any atom is 0.261 e. The Kier molecular flexibility index (Phi) is 5.56. The second-order valence-electron chi connectivity index (χ2n) is 7.32. The van der Waals surface area contributed by atoms with Crippen molar-refractivity contribution in [1.29, 1.82) is 0 Å². The fourth-order valence-electron chi connectivity index (χ4n) is 3.26. The van der Waals surface area contributed by atoms with Gasteiger partial charge < -0.3 is 14.8 Å². The molecule has 0 spiro atoms. The predicted molar refractivity (Wildman–Crippen MR) is 117 cm³/mol. The zero-order valence-corrected chi connectivity index (χ0v) is 18.0. The first-order valence-corrected chi connectivity index (χ1v) is 11.2. The SMILES string of the molecule is Cc1cccc(NS(=O)(=O)c2ccc(C)c(C(=O)NCc3ccc4c(c3)OCO4)c2)c1. The molecule has 0 atom stereocenters. The van der Waals surface area contributed by atoms with Crippen LogP contribution < -0.4 is 19.5 Å². The number of hydrogen-bond acceptors (Lipinski definition) is 5. The van der Waals surface area contributed by atoms with Crippen molar-refractivity contribution >= 4 is 21.6 Å². The lowest BCUT2D eigenvalue weighted by molar-refractivity contribution is 0.0950. The molecule has 0 aliphatic carbocycles. The first-order valence-electron chi connectivity index (χ1n) is 9.69. The van der Waals surface area contributed by atoms with E-state index in [-0.39, 0.29) is 24.1 Å². The molecule has 1 heterocycles. The molecule has 7 nitrogen and oxygen atoms in total. The lowest BCUT2D eigenvalue weighted by Crippen LogP contribution is -2.24. The quantitative estimate of drug-likeness (QED) is 0.611. The van der Waals surface area contributed by atoms with Crippen LogP contribution in [-0.2, 0) is 16.6 Å². The Morgan fingerprint density at radius 1 is 0.968 bits per heavy atom. The van der Waals surface area contributed by atoms with Crippen molar-refractivity contribution in [1.82, 2.24) is 5.32 Å². The van der Waals surface area contributed by atoms with Crippen molar-refractivity contribution in [3.63, 3.8) is 0 Å². The van der Waals surface area contributed by atoms with Gasteiger partial charge in [0.2, 0.25) is 6.79 Å². The van der Waals surface area contributed by atoms with Crippen LogP contribution in [-0.4, -0.2) is 21.1 Å². The van der Waals surface area contributed by atoms with Crippen molar-refractivity contribution in [3.05, 3.63) is 82.9 Å². The van der Waals surface area contributed by atoms with Crippen molar-refractivity contribution in [2.75, 3.05) is 11.5 Å². The predicted octanol–water partition coefficient (Wildman–Crippen LogP) is 3.76. The van der Waals surface area contributed by atoms with Gasteiger partial charge in [-0.3, -0.25) is 9.52 Å². The van der Waals surface area contributed by atoms with Crippen LogP contribution in [0, 0.1) is 13.8 Å². The van der Waals surface area contributed by atoms with Gasteiger partial charge in [0.25, 0.3) is 15.9 Å². The number of amides is 1. The molecule has 0 saturated heterocycles. The van der Waals surface area contributed by atoms with E-state index >= 15 is 0 Å². The highest BCUT2D eigenvalue weighted by Crippen LogP contribution is 2.32. The third-order valence-electron chi connectivity index (χ3n) is 4.92. The molecule has 0 radical (unpaired) electrons. The number of ether oxygens (including phenoxy) is 2. The average Bonchev–Trinajstić information content (AvgIpc) is 3.20. The Morgan fingerprint density at radius 2 is 1.77 bits per heavy atom. The van der Waals surface area contributed by atoms with E-state index in [0.717, 1.165) is 11.1 Å². The van der Waals surface area contributed by atoms with E-state index in [9.17, 15) is 13.2 Å².